The molecule has 1 rings (SSSR count). The fourth-order valence-electron chi connectivity index (χ4n) is 1.24. The SMILES string of the molecule is CCOc1cccc(C(=O)CCBr)c1O. The summed E-state index contributed by atoms with van der Waals surface area (Å²) >= 11 is 3.19. The van der Waals surface area contributed by atoms with E-state index >= 15 is 0 Å². The number of Topliss-reactive ketones (excluding diaryl/α,β-unsaturated/α-hetero) is 1. The van der Waals surface area contributed by atoms with Crippen LogP contribution in [0, 0.1) is 0 Å². The van der Waals surface area contributed by atoms with Gasteiger partial charge in [-0.3, -0.25) is 4.79 Å². The van der Waals surface area contributed by atoms with Crippen molar-refractivity contribution in [3.63, 3.8) is 0 Å². The first-order chi connectivity index (χ1) is 7.20. The van der Waals surface area contributed by atoms with E-state index in [0.29, 0.717) is 29.7 Å². The molecule has 0 aliphatic heterocycles. The predicted octanol–water partition coefficient (Wildman–Crippen LogP) is 2.76. The molecular weight excluding hydrogens is 260 g/mol. The Morgan fingerprint density at radius 1 is 1.53 bits per heavy atom. The van der Waals surface area contributed by atoms with E-state index in [2.05, 4.69) is 15.9 Å². The molecule has 82 valence electrons. The summed E-state index contributed by atoms with van der Waals surface area (Å²) in [5, 5.41) is 10.3. The maximum Gasteiger partial charge on any atom is 0.168 e. The zero-order valence-electron chi connectivity index (χ0n) is 8.50. The number of aromatic hydroxyl groups is 1. The lowest BCUT2D eigenvalue weighted by Gasteiger charge is -2.08. The highest BCUT2D eigenvalue weighted by molar-refractivity contribution is 9.09. The van der Waals surface area contributed by atoms with Crippen LogP contribution in [0.25, 0.3) is 0 Å². The molecule has 0 aliphatic carbocycles. The number of alkyl halides is 1. The Balaban J connectivity index is 2.98. The van der Waals surface area contributed by atoms with Crippen molar-refractivity contribution in [3.05, 3.63) is 23.8 Å². The van der Waals surface area contributed by atoms with Crippen LogP contribution in [0.15, 0.2) is 18.2 Å². The fourth-order valence-corrected chi connectivity index (χ4v) is 1.60. The van der Waals surface area contributed by atoms with Crippen LogP contribution in [-0.4, -0.2) is 22.8 Å². The van der Waals surface area contributed by atoms with Gasteiger partial charge in [0.15, 0.2) is 17.3 Å². The summed E-state index contributed by atoms with van der Waals surface area (Å²) in [6, 6.07) is 4.94. The molecule has 15 heavy (non-hydrogen) atoms. The number of benzene rings is 1. The highest BCUT2D eigenvalue weighted by atomic mass is 79.9. The van der Waals surface area contributed by atoms with Gasteiger partial charge in [0.2, 0.25) is 0 Å². The van der Waals surface area contributed by atoms with Crippen LogP contribution in [0.4, 0.5) is 0 Å². The Morgan fingerprint density at radius 2 is 2.27 bits per heavy atom. The minimum absolute atomic E-state index is 0.0645. The molecule has 0 bridgehead atoms. The molecular formula is C11H13BrO3. The summed E-state index contributed by atoms with van der Waals surface area (Å²) in [7, 11) is 0. The van der Waals surface area contributed by atoms with E-state index < -0.39 is 0 Å². The van der Waals surface area contributed by atoms with Gasteiger partial charge in [-0.15, -0.1) is 0 Å². The normalized spacial score (nSPS) is 10.0. The summed E-state index contributed by atoms with van der Waals surface area (Å²) < 4.78 is 5.19. The molecule has 0 spiro atoms. The Kier molecular flexibility index (Phi) is 4.62. The minimum Gasteiger partial charge on any atom is -0.504 e. The maximum atomic E-state index is 11.6. The van der Waals surface area contributed by atoms with Gasteiger partial charge < -0.3 is 9.84 Å². The molecule has 0 atom stereocenters. The second-order valence-corrected chi connectivity index (χ2v) is 3.74. The van der Waals surface area contributed by atoms with Crippen LogP contribution in [-0.2, 0) is 0 Å². The summed E-state index contributed by atoms with van der Waals surface area (Å²) in [5.41, 5.74) is 0.320. The van der Waals surface area contributed by atoms with Gasteiger partial charge in [0.1, 0.15) is 0 Å². The van der Waals surface area contributed by atoms with E-state index in [4.69, 9.17) is 4.74 Å². The first-order valence-corrected chi connectivity index (χ1v) is 5.86. The van der Waals surface area contributed by atoms with Gasteiger partial charge in [0, 0.05) is 11.8 Å². The topological polar surface area (TPSA) is 46.5 Å². The van der Waals surface area contributed by atoms with E-state index in [9.17, 15) is 9.90 Å². The van der Waals surface area contributed by atoms with E-state index in [0.717, 1.165) is 0 Å². The van der Waals surface area contributed by atoms with Crippen molar-refractivity contribution < 1.29 is 14.6 Å². The van der Waals surface area contributed by atoms with Gasteiger partial charge in [0.05, 0.1) is 12.2 Å². The Hall–Kier alpha value is -1.03. The number of halogens is 1. The van der Waals surface area contributed by atoms with Gasteiger partial charge in [-0.05, 0) is 19.1 Å². The first kappa shape index (κ1) is 12.0. The van der Waals surface area contributed by atoms with Crippen LogP contribution in [0.1, 0.15) is 23.7 Å². The van der Waals surface area contributed by atoms with Gasteiger partial charge in [0.25, 0.3) is 0 Å². The number of phenolic OH excluding ortho intramolecular Hbond substituents is 1. The van der Waals surface area contributed by atoms with Crippen LogP contribution in [0.3, 0.4) is 0 Å². The van der Waals surface area contributed by atoms with Crippen LogP contribution in [0.5, 0.6) is 11.5 Å². The van der Waals surface area contributed by atoms with Crippen molar-refractivity contribution in [2.75, 3.05) is 11.9 Å². The lowest BCUT2D eigenvalue weighted by molar-refractivity contribution is 0.0986. The third-order valence-electron chi connectivity index (χ3n) is 1.92. The summed E-state index contributed by atoms with van der Waals surface area (Å²) in [6.07, 6.45) is 0.364. The number of phenols is 1. The molecule has 4 heteroatoms. The standard InChI is InChI=1S/C11H13BrO3/c1-2-15-10-5-3-4-8(11(10)14)9(13)6-7-12/h3-5,14H,2,6-7H2,1H3. The van der Waals surface area contributed by atoms with Gasteiger partial charge in [-0.1, -0.05) is 22.0 Å². The molecule has 0 saturated heterocycles. The molecule has 0 unspecified atom stereocenters. The highest BCUT2D eigenvalue weighted by Gasteiger charge is 2.13. The van der Waals surface area contributed by atoms with E-state index in [1.807, 2.05) is 6.92 Å². The maximum absolute atomic E-state index is 11.6. The van der Waals surface area contributed by atoms with Crippen LogP contribution < -0.4 is 4.74 Å². The van der Waals surface area contributed by atoms with Crippen molar-refractivity contribution in [3.8, 4) is 11.5 Å². The zero-order valence-corrected chi connectivity index (χ0v) is 10.1. The van der Waals surface area contributed by atoms with Gasteiger partial charge in [-0.25, -0.2) is 0 Å². The van der Waals surface area contributed by atoms with Crippen molar-refractivity contribution in [1.82, 2.24) is 0 Å². The molecule has 0 aromatic heterocycles. The molecule has 0 radical (unpaired) electrons. The summed E-state index contributed by atoms with van der Waals surface area (Å²) in [4.78, 5) is 11.6. The highest BCUT2D eigenvalue weighted by Crippen LogP contribution is 2.30. The van der Waals surface area contributed by atoms with E-state index in [-0.39, 0.29) is 11.5 Å². The Labute approximate surface area is 97.2 Å². The Morgan fingerprint density at radius 3 is 2.87 bits per heavy atom. The van der Waals surface area contributed by atoms with E-state index in [1.165, 1.54) is 0 Å². The number of hydrogen-bond acceptors (Lipinski definition) is 3. The molecule has 0 saturated carbocycles. The second-order valence-electron chi connectivity index (χ2n) is 2.95. The number of rotatable bonds is 5. The van der Waals surface area contributed by atoms with Crippen molar-refractivity contribution in [1.29, 1.82) is 0 Å². The molecule has 1 aromatic rings. The summed E-state index contributed by atoms with van der Waals surface area (Å²) in [6.45, 7) is 2.29. The molecule has 3 nitrogen and oxygen atoms in total. The fraction of sp³-hybridized carbons (Fsp3) is 0.364. The minimum atomic E-state index is -0.0917. The quantitative estimate of drug-likeness (QED) is 0.662. The van der Waals surface area contributed by atoms with Crippen LogP contribution in [0.2, 0.25) is 0 Å². The van der Waals surface area contributed by atoms with E-state index in [1.54, 1.807) is 18.2 Å². The number of ketones is 1. The third kappa shape index (κ3) is 2.96. The number of carbonyl (C=O) groups is 1. The van der Waals surface area contributed by atoms with Crippen molar-refractivity contribution >= 4 is 21.7 Å². The lowest BCUT2D eigenvalue weighted by Crippen LogP contribution is -2.01. The Bertz CT molecular complexity index is 350. The second kappa shape index (κ2) is 5.75. The lowest BCUT2D eigenvalue weighted by atomic mass is 10.1. The number of ether oxygens (including phenoxy) is 1. The zero-order chi connectivity index (χ0) is 11.3. The number of para-hydroxylation sites is 1. The smallest absolute Gasteiger partial charge is 0.168 e. The molecule has 0 fully saturated rings. The first-order valence-electron chi connectivity index (χ1n) is 4.74. The van der Waals surface area contributed by atoms with Crippen molar-refractivity contribution in [2.24, 2.45) is 0 Å². The largest absolute Gasteiger partial charge is 0.504 e. The summed E-state index contributed by atoms with van der Waals surface area (Å²) in [5.74, 6) is 0.203. The van der Waals surface area contributed by atoms with Crippen molar-refractivity contribution in [2.45, 2.75) is 13.3 Å². The molecule has 1 aromatic carbocycles. The average molecular weight is 273 g/mol. The van der Waals surface area contributed by atoms with Gasteiger partial charge in [-0.2, -0.15) is 0 Å². The molecule has 1 N–H and O–H groups in total. The third-order valence-corrected chi connectivity index (χ3v) is 2.32. The predicted molar refractivity (Wildman–Crippen MR) is 62.0 cm³/mol. The molecule has 0 heterocycles. The number of hydrogen-bond donors (Lipinski definition) is 1. The van der Waals surface area contributed by atoms with Gasteiger partial charge >= 0.3 is 0 Å². The number of carbonyl (C=O) groups excluding carboxylic acids is 1. The van der Waals surface area contributed by atoms with Crippen LogP contribution >= 0.6 is 15.9 Å². The molecule has 0 amide bonds. The average Bonchev–Trinajstić information content (AvgIpc) is 2.22. The molecule has 0 aliphatic rings. The monoisotopic (exact) mass is 272 g/mol.